The van der Waals surface area contributed by atoms with Crippen molar-refractivity contribution in [1.29, 1.82) is 0 Å². The summed E-state index contributed by atoms with van der Waals surface area (Å²) in [4.78, 5) is 4.55. The van der Waals surface area contributed by atoms with E-state index in [1.54, 1.807) is 0 Å². The number of benzene rings is 2. The highest BCUT2D eigenvalue weighted by Crippen LogP contribution is 2.22. The lowest BCUT2D eigenvalue weighted by Crippen LogP contribution is -1.99. The highest BCUT2D eigenvalue weighted by molar-refractivity contribution is 6.30. The van der Waals surface area contributed by atoms with Crippen molar-refractivity contribution in [2.45, 2.75) is 27.2 Å². The number of rotatable bonds is 4. The van der Waals surface area contributed by atoms with Gasteiger partial charge < -0.3 is 4.57 Å². The molecule has 1 aromatic heterocycles. The molecular formula is C21H21ClN2. The first kappa shape index (κ1) is 16.5. The van der Waals surface area contributed by atoms with Crippen molar-refractivity contribution < 1.29 is 0 Å². The summed E-state index contributed by atoms with van der Waals surface area (Å²) < 4.78 is 2.26. The molecule has 0 saturated carbocycles. The van der Waals surface area contributed by atoms with Crippen LogP contribution >= 0.6 is 11.6 Å². The third-order valence-corrected chi connectivity index (χ3v) is 4.47. The maximum atomic E-state index is 6.01. The van der Waals surface area contributed by atoms with E-state index in [1.165, 1.54) is 22.6 Å². The second-order valence-electron chi connectivity index (χ2n) is 5.92. The topological polar surface area (TPSA) is 17.3 Å². The number of hydrogen-bond acceptors (Lipinski definition) is 1. The smallest absolute Gasteiger partial charge is 0.0644 e. The van der Waals surface area contributed by atoms with Crippen LogP contribution in [-0.2, 0) is 6.42 Å². The van der Waals surface area contributed by atoms with Crippen molar-refractivity contribution in [3.63, 3.8) is 0 Å². The fraction of sp³-hybridized carbons (Fsp3) is 0.190. The van der Waals surface area contributed by atoms with Crippen LogP contribution in [0.25, 0.3) is 5.69 Å². The van der Waals surface area contributed by atoms with Gasteiger partial charge in [0, 0.05) is 33.9 Å². The molecule has 1 heterocycles. The molecule has 3 rings (SSSR count). The normalized spacial score (nSPS) is 11.3. The van der Waals surface area contributed by atoms with E-state index in [1.807, 2.05) is 30.5 Å². The molecular weight excluding hydrogens is 316 g/mol. The quantitative estimate of drug-likeness (QED) is 0.515. The van der Waals surface area contributed by atoms with Gasteiger partial charge in [0.1, 0.15) is 0 Å². The monoisotopic (exact) mass is 336 g/mol. The number of hydrogen-bond donors (Lipinski definition) is 0. The Morgan fingerprint density at radius 2 is 1.79 bits per heavy atom. The van der Waals surface area contributed by atoms with Gasteiger partial charge in [0.05, 0.1) is 5.69 Å². The summed E-state index contributed by atoms with van der Waals surface area (Å²) in [5.74, 6) is 0. The van der Waals surface area contributed by atoms with Gasteiger partial charge in [0.15, 0.2) is 0 Å². The summed E-state index contributed by atoms with van der Waals surface area (Å²) in [6.07, 6.45) is 2.96. The summed E-state index contributed by atoms with van der Waals surface area (Å²) >= 11 is 6.01. The van der Waals surface area contributed by atoms with Crippen LogP contribution < -0.4 is 0 Å². The first-order valence-electron chi connectivity index (χ1n) is 8.16. The van der Waals surface area contributed by atoms with Crippen LogP contribution in [0.15, 0.2) is 59.6 Å². The van der Waals surface area contributed by atoms with Crippen LogP contribution in [0.5, 0.6) is 0 Å². The minimum atomic E-state index is 0.700. The third kappa shape index (κ3) is 3.44. The van der Waals surface area contributed by atoms with E-state index in [0.29, 0.717) is 5.02 Å². The molecule has 0 fully saturated rings. The molecule has 3 aromatic rings. The van der Waals surface area contributed by atoms with Gasteiger partial charge in [0.25, 0.3) is 0 Å². The van der Waals surface area contributed by atoms with Crippen molar-refractivity contribution in [3.8, 4) is 5.69 Å². The fourth-order valence-corrected chi connectivity index (χ4v) is 3.08. The first-order chi connectivity index (χ1) is 11.6. The number of nitrogens with zero attached hydrogens (tertiary/aromatic N) is 2. The van der Waals surface area contributed by atoms with Gasteiger partial charge in [0.2, 0.25) is 0 Å². The Balaban J connectivity index is 1.94. The standard InChI is InChI=1S/C21H21ClN2/c1-4-17-8-10-21(11-9-17)24-15(2)12-18(16(24)3)14-23-20-7-5-6-19(22)13-20/h5-14H,4H2,1-3H3. The minimum Gasteiger partial charge on any atom is -0.318 e. The van der Waals surface area contributed by atoms with E-state index in [2.05, 4.69) is 60.7 Å². The average molecular weight is 337 g/mol. The van der Waals surface area contributed by atoms with E-state index < -0.39 is 0 Å². The molecule has 0 saturated heterocycles. The summed E-state index contributed by atoms with van der Waals surface area (Å²) in [6.45, 7) is 6.42. The van der Waals surface area contributed by atoms with Crippen molar-refractivity contribution >= 4 is 23.5 Å². The lowest BCUT2D eigenvalue weighted by atomic mass is 10.1. The van der Waals surface area contributed by atoms with E-state index in [0.717, 1.165) is 17.7 Å². The summed E-state index contributed by atoms with van der Waals surface area (Å²) in [7, 11) is 0. The predicted molar refractivity (Wildman–Crippen MR) is 103 cm³/mol. The molecule has 0 aliphatic heterocycles. The van der Waals surface area contributed by atoms with Gasteiger partial charge >= 0.3 is 0 Å². The highest BCUT2D eigenvalue weighted by Gasteiger charge is 2.09. The zero-order chi connectivity index (χ0) is 17.1. The van der Waals surface area contributed by atoms with Gasteiger partial charge in [-0.3, -0.25) is 4.99 Å². The zero-order valence-electron chi connectivity index (χ0n) is 14.3. The third-order valence-electron chi connectivity index (χ3n) is 4.23. The minimum absolute atomic E-state index is 0.700. The molecule has 0 N–H and O–H groups in total. The number of aromatic nitrogens is 1. The van der Waals surface area contributed by atoms with Gasteiger partial charge in [-0.25, -0.2) is 0 Å². The van der Waals surface area contributed by atoms with Crippen molar-refractivity contribution in [1.82, 2.24) is 4.57 Å². The Hall–Kier alpha value is -2.32. The van der Waals surface area contributed by atoms with Gasteiger partial charge in [-0.05, 0) is 62.2 Å². The Labute approximate surface area is 148 Å². The lowest BCUT2D eigenvalue weighted by molar-refractivity contribution is 0.962. The van der Waals surface area contributed by atoms with Crippen molar-refractivity contribution in [2.75, 3.05) is 0 Å². The molecule has 0 atom stereocenters. The molecule has 0 aliphatic rings. The van der Waals surface area contributed by atoms with Gasteiger partial charge in [-0.1, -0.05) is 36.7 Å². The molecule has 0 unspecified atom stereocenters. The van der Waals surface area contributed by atoms with Gasteiger partial charge in [-0.2, -0.15) is 0 Å². The fourth-order valence-electron chi connectivity index (χ4n) is 2.90. The molecule has 0 aliphatic carbocycles. The Morgan fingerprint density at radius 1 is 1.04 bits per heavy atom. The molecule has 0 spiro atoms. The van der Waals surface area contributed by atoms with E-state index in [-0.39, 0.29) is 0 Å². The number of aryl methyl sites for hydroxylation is 2. The second-order valence-corrected chi connectivity index (χ2v) is 6.36. The summed E-state index contributed by atoms with van der Waals surface area (Å²) in [5, 5.41) is 0.700. The Kier molecular flexibility index (Phi) is 4.86. The Morgan fingerprint density at radius 3 is 2.46 bits per heavy atom. The predicted octanol–water partition coefficient (Wildman–Crippen LogP) is 6.06. The molecule has 122 valence electrons. The lowest BCUT2D eigenvalue weighted by Gasteiger charge is -2.10. The molecule has 2 nitrogen and oxygen atoms in total. The van der Waals surface area contributed by atoms with Gasteiger partial charge in [-0.15, -0.1) is 0 Å². The van der Waals surface area contributed by atoms with Crippen LogP contribution in [0, 0.1) is 13.8 Å². The molecule has 0 bridgehead atoms. The van der Waals surface area contributed by atoms with Crippen LogP contribution in [0.2, 0.25) is 5.02 Å². The van der Waals surface area contributed by atoms with Crippen molar-refractivity contribution in [2.24, 2.45) is 4.99 Å². The molecule has 0 radical (unpaired) electrons. The largest absolute Gasteiger partial charge is 0.318 e. The SMILES string of the molecule is CCc1ccc(-n2c(C)cc(C=Nc3cccc(Cl)c3)c2C)cc1. The maximum Gasteiger partial charge on any atom is 0.0644 e. The second kappa shape index (κ2) is 7.06. The number of aliphatic imine (C=N–C) groups is 1. The molecule has 3 heteroatoms. The van der Waals surface area contributed by atoms with Crippen LogP contribution in [0.4, 0.5) is 5.69 Å². The van der Waals surface area contributed by atoms with E-state index >= 15 is 0 Å². The van der Waals surface area contributed by atoms with E-state index in [4.69, 9.17) is 11.6 Å². The molecule has 24 heavy (non-hydrogen) atoms. The molecule has 2 aromatic carbocycles. The average Bonchev–Trinajstić information content (AvgIpc) is 2.87. The van der Waals surface area contributed by atoms with Crippen molar-refractivity contribution in [3.05, 3.63) is 82.1 Å². The number of halogens is 1. The first-order valence-corrected chi connectivity index (χ1v) is 8.54. The van der Waals surface area contributed by atoms with Crippen LogP contribution in [-0.4, -0.2) is 10.8 Å². The summed E-state index contributed by atoms with van der Waals surface area (Å²) in [6, 6.07) is 18.5. The zero-order valence-corrected chi connectivity index (χ0v) is 15.0. The summed E-state index contributed by atoms with van der Waals surface area (Å²) in [5.41, 5.74) is 6.90. The van der Waals surface area contributed by atoms with Crippen LogP contribution in [0.1, 0.15) is 29.4 Å². The van der Waals surface area contributed by atoms with E-state index in [9.17, 15) is 0 Å². The van der Waals surface area contributed by atoms with Crippen LogP contribution in [0.3, 0.4) is 0 Å². The maximum absolute atomic E-state index is 6.01. The highest BCUT2D eigenvalue weighted by atomic mass is 35.5. The Bertz CT molecular complexity index is 873. The molecule has 0 amide bonds.